The zero-order valence-electron chi connectivity index (χ0n) is 15.0. The minimum Gasteiger partial charge on any atom is -0.367 e. The Morgan fingerprint density at radius 2 is 1.96 bits per heavy atom. The third kappa shape index (κ3) is 4.22. The molecule has 0 bridgehead atoms. The van der Waals surface area contributed by atoms with Gasteiger partial charge in [0.25, 0.3) is 5.91 Å². The first-order valence-corrected chi connectivity index (χ1v) is 10.5. The first-order valence-electron chi connectivity index (χ1n) is 8.69. The van der Waals surface area contributed by atoms with E-state index >= 15 is 0 Å². The van der Waals surface area contributed by atoms with Crippen LogP contribution in [0.1, 0.15) is 29.4 Å². The van der Waals surface area contributed by atoms with Crippen molar-refractivity contribution in [3.05, 3.63) is 53.9 Å². The van der Waals surface area contributed by atoms with Crippen molar-refractivity contribution in [1.29, 1.82) is 0 Å². The molecule has 26 heavy (non-hydrogen) atoms. The predicted octanol–water partition coefficient (Wildman–Crippen LogP) is 2.66. The van der Waals surface area contributed by atoms with E-state index in [0.29, 0.717) is 18.7 Å². The summed E-state index contributed by atoms with van der Waals surface area (Å²) in [4.78, 5) is 18.6. The van der Waals surface area contributed by atoms with Gasteiger partial charge in [0.15, 0.2) is 9.84 Å². The number of pyridine rings is 1. The molecule has 6 nitrogen and oxygen atoms in total. The van der Waals surface area contributed by atoms with Gasteiger partial charge in [0.1, 0.15) is 5.69 Å². The maximum absolute atomic E-state index is 12.3. The van der Waals surface area contributed by atoms with E-state index < -0.39 is 9.84 Å². The van der Waals surface area contributed by atoms with Crippen LogP contribution in [0.4, 0.5) is 11.4 Å². The lowest BCUT2D eigenvalue weighted by Gasteiger charge is -2.28. The van der Waals surface area contributed by atoms with E-state index in [1.165, 1.54) is 0 Å². The highest BCUT2D eigenvalue weighted by molar-refractivity contribution is 7.91. The summed E-state index contributed by atoms with van der Waals surface area (Å²) in [6.45, 7) is 4.67. The minimum atomic E-state index is -2.94. The first-order chi connectivity index (χ1) is 12.4. The standard InChI is InChI=1S/C19H23N3O3S/c1-3-22(17-10-11-26(24,25)13-17)16-8-9-18(20-12-16)19(23)21-15-6-4-14(2)5-7-15/h4-9,12,17H,3,10-11,13H2,1-2H3,(H,21,23). The third-order valence-corrected chi connectivity index (χ3v) is 6.36. The fraction of sp³-hybridized carbons (Fsp3) is 0.368. The third-order valence-electron chi connectivity index (χ3n) is 4.61. The van der Waals surface area contributed by atoms with Gasteiger partial charge in [0.05, 0.1) is 23.4 Å². The molecule has 1 aromatic heterocycles. The average molecular weight is 373 g/mol. The number of aryl methyl sites for hydroxylation is 1. The molecule has 1 aliphatic rings. The number of hydrogen-bond donors (Lipinski definition) is 1. The van der Waals surface area contributed by atoms with Gasteiger partial charge < -0.3 is 10.2 Å². The summed E-state index contributed by atoms with van der Waals surface area (Å²) in [6, 6.07) is 11.0. The summed E-state index contributed by atoms with van der Waals surface area (Å²) in [5.74, 6) is 0.140. The SMILES string of the molecule is CCN(c1ccc(C(=O)Nc2ccc(C)cc2)nc1)C1CCS(=O)(=O)C1. The van der Waals surface area contributed by atoms with Crippen molar-refractivity contribution < 1.29 is 13.2 Å². The molecular weight excluding hydrogens is 350 g/mol. The van der Waals surface area contributed by atoms with Crippen molar-refractivity contribution in [2.24, 2.45) is 0 Å². The highest BCUT2D eigenvalue weighted by Crippen LogP contribution is 2.24. The second-order valence-corrected chi connectivity index (χ2v) is 8.79. The lowest BCUT2D eigenvalue weighted by molar-refractivity contribution is 0.102. The molecule has 0 saturated carbocycles. The van der Waals surface area contributed by atoms with Crippen molar-refractivity contribution in [2.75, 3.05) is 28.3 Å². The molecule has 1 aromatic carbocycles. The highest BCUT2D eigenvalue weighted by atomic mass is 32.2. The smallest absolute Gasteiger partial charge is 0.274 e. The van der Waals surface area contributed by atoms with E-state index in [1.54, 1.807) is 12.3 Å². The molecule has 2 heterocycles. The normalized spacial score (nSPS) is 18.5. The van der Waals surface area contributed by atoms with Gasteiger partial charge >= 0.3 is 0 Å². The van der Waals surface area contributed by atoms with Crippen molar-refractivity contribution >= 4 is 27.1 Å². The van der Waals surface area contributed by atoms with Crippen LogP contribution in [0.5, 0.6) is 0 Å². The van der Waals surface area contributed by atoms with Crippen LogP contribution in [0.3, 0.4) is 0 Å². The summed E-state index contributed by atoms with van der Waals surface area (Å²) < 4.78 is 23.5. The van der Waals surface area contributed by atoms with Crippen LogP contribution in [0.2, 0.25) is 0 Å². The van der Waals surface area contributed by atoms with Gasteiger partial charge in [-0.2, -0.15) is 0 Å². The second kappa shape index (κ2) is 7.45. The summed E-state index contributed by atoms with van der Waals surface area (Å²) in [7, 11) is -2.94. The lowest BCUT2D eigenvalue weighted by atomic mass is 10.2. The van der Waals surface area contributed by atoms with Crippen LogP contribution < -0.4 is 10.2 Å². The van der Waals surface area contributed by atoms with Crippen molar-refractivity contribution in [1.82, 2.24) is 4.98 Å². The quantitative estimate of drug-likeness (QED) is 0.872. The number of sulfone groups is 1. The zero-order chi connectivity index (χ0) is 18.7. The van der Waals surface area contributed by atoms with Gasteiger partial charge in [-0.25, -0.2) is 13.4 Å². The van der Waals surface area contributed by atoms with Gasteiger partial charge in [-0.3, -0.25) is 4.79 Å². The summed E-state index contributed by atoms with van der Waals surface area (Å²) in [5.41, 5.74) is 3.00. The molecule has 138 valence electrons. The number of carbonyl (C=O) groups excluding carboxylic acids is 1. The largest absolute Gasteiger partial charge is 0.367 e. The number of amides is 1. The molecule has 1 amide bonds. The Bertz CT molecular complexity index is 877. The molecule has 7 heteroatoms. The van der Waals surface area contributed by atoms with Crippen LogP contribution in [-0.4, -0.2) is 43.4 Å². The van der Waals surface area contributed by atoms with Crippen molar-refractivity contribution in [2.45, 2.75) is 26.3 Å². The molecule has 3 rings (SSSR count). The fourth-order valence-corrected chi connectivity index (χ4v) is 4.93. The summed E-state index contributed by atoms with van der Waals surface area (Å²) in [5, 5.41) is 2.82. The summed E-state index contributed by atoms with van der Waals surface area (Å²) >= 11 is 0. The zero-order valence-corrected chi connectivity index (χ0v) is 15.8. The Labute approximate surface area is 154 Å². The molecule has 0 aliphatic carbocycles. The van der Waals surface area contributed by atoms with E-state index in [2.05, 4.69) is 10.3 Å². The number of benzene rings is 1. The van der Waals surface area contributed by atoms with Gasteiger partial charge in [0.2, 0.25) is 0 Å². The second-order valence-electron chi connectivity index (χ2n) is 6.56. The van der Waals surface area contributed by atoms with Crippen LogP contribution in [0.25, 0.3) is 0 Å². The topological polar surface area (TPSA) is 79.4 Å². The molecule has 1 N–H and O–H groups in total. The summed E-state index contributed by atoms with van der Waals surface area (Å²) in [6.07, 6.45) is 2.27. The molecule has 1 aliphatic heterocycles. The van der Waals surface area contributed by atoms with Gasteiger partial charge in [-0.05, 0) is 44.5 Å². The molecule has 0 radical (unpaired) electrons. The molecular formula is C19H23N3O3S. The number of nitrogens with one attached hydrogen (secondary N) is 1. The molecule has 0 spiro atoms. The van der Waals surface area contributed by atoms with Crippen LogP contribution in [0.15, 0.2) is 42.6 Å². The van der Waals surface area contributed by atoms with Crippen LogP contribution >= 0.6 is 0 Å². The highest BCUT2D eigenvalue weighted by Gasteiger charge is 2.32. The molecule has 1 unspecified atom stereocenters. The Kier molecular flexibility index (Phi) is 5.27. The number of anilines is 2. The number of aromatic nitrogens is 1. The Balaban J connectivity index is 1.70. The van der Waals surface area contributed by atoms with E-state index in [1.807, 2.05) is 49.1 Å². The molecule has 1 saturated heterocycles. The maximum Gasteiger partial charge on any atom is 0.274 e. The molecule has 2 aromatic rings. The number of rotatable bonds is 5. The average Bonchev–Trinajstić information content (AvgIpc) is 2.98. The number of hydrogen-bond acceptors (Lipinski definition) is 5. The Morgan fingerprint density at radius 3 is 2.50 bits per heavy atom. The van der Waals surface area contributed by atoms with E-state index in [9.17, 15) is 13.2 Å². The Morgan fingerprint density at radius 1 is 1.23 bits per heavy atom. The maximum atomic E-state index is 12.3. The van der Waals surface area contributed by atoms with E-state index in [-0.39, 0.29) is 23.5 Å². The van der Waals surface area contributed by atoms with E-state index in [4.69, 9.17) is 0 Å². The lowest BCUT2D eigenvalue weighted by Crippen LogP contribution is -2.36. The fourth-order valence-electron chi connectivity index (χ4n) is 3.20. The van der Waals surface area contributed by atoms with Gasteiger partial charge in [-0.1, -0.05) is 17.7 Å². The van der Waals surface area contributed by atoms with Crippen molar-refractivity contribution in [3.63, 3.8) is 0 Å². The minimum absolute atomic E-state index is 0.0287. The Hall–Kier alpha value is -2.41. The first kappa shape index (κ1) is 18.4. The van der Waals surface area contributed by atoms with Crippen molar-refractivity contribution in [3.8, 4) is 0 Å². The van der Waals surface area contributed by atoms with Crippen LogP contribution in [0, 0.1) is 6.92 Å². The van der Waals surface area contributed by atoms with Gasteiger partial charge in [-0.15, -0.1) is 0 Å². The van der Waals surface area contributed by atoms with Gasteiger partial charge in [0, 0.05) is 18.3 Å². The number of nitrogens with zero attached hydrogens (tertiary/aromatic N) is 2. The number of carbonyl (C=O) groups is 1. The monoisotopic (exact) mass is 373 g/mol. The molecule has 1 atom stereocenters. The van der Waals surface area contributed by atoms with Crippen LogP contribution in [-0.2, 0) is 9.84 Å². The predicted molar refractivity (Wildman–Crippen MR) is 103 cm³/mol. The molecule has 1 fully saturated rings. The van der Waals surface area contributed by atoms with E-state index in [0.717, 1.165) is 16.9 Å².